The zero-order chi connectivity index (χ0) is 35.5. The largest absolute Gasteiger partial charge is 0.462 e. The molecule has 0 bridgehead atoms. The van der Waals surface area contributed by atoms with Crippen LogP contribution in [0.5, 0.6) is 0 Å². The van der Waals surface area contributed by atoms with Crippen LogP contribution in [0.25, 0.3) is 0 Å². The molecule has 0 aromatic rings. The van der Waals surface area contributed by atoms with Gasteiger partial charge >= 0.3 is 23.9 Å². The first-order valence-electron chi connectivity index (χ1n) is 17.0. The van der Waals surface area contributed by atoms with Gasteiger partial charge in [0.05, 0.1) is 26.4 Å². The lowest BCUT2D eigenvalue weighted by Gasteiger charge is -2.15. The van der Waals surface area contributed by atoms with Gasteiger partial charge in [0.2, 0.25) is 0 Å². The number of ether oxygens (including phenoxy) is 5. The molecule has 13 nitrogen and oxygen atoms in total. The molecule has 48 heavy (non-hydrogen) atoms. The number of nitrogens with zero attached hydrogens (tertiary/aromatic N) is 2. The van der Waals surface area contributed by atoms with Crippen LogP contribution in [0.3, 0.4) is 0 Å². The minimum Gasteiger partial charge on any atom is -0.462 e. The van der Waals surface area contributed by atoms with Crippen molar-refractivity contribution in [3.05, 3.63) is 49.1 Å². The van der Waals surface area contributed by atoms with Crippen LogP contribution in [0.4, 0.5) is 0 Å². The average molecular weight is 683 g/mol. The van der Waals surface area contributed by atoms with Gasteiger partial charge in [0, 0.05) is 82.5 Å². The van der Waals surface area contributed by atoms with Crippen LogP contribution >= 0.6 is 0 Å². The van der Waals surface area contributed by atoms with Crippen molar-refractivity contribution in [2.24, 2.45) is 0 Å². The maximum atomic E-state index is 12.2. The predicted octanol–water partition coefficient (Wildman–Crippen LogP) is 4.15. The maximum absolute atomic E-state index is 12.2. The molecule has 0 aliphatic carbocycles. The van der Waals surface area contributed by atoms with E-state index in [-0.39, 0.29) is 33.0 Å². The quantitative estimate of drug-likeness (QED) is 0.0465. The summed E-state index contributed by atoms with van der Waals surface area (Å²) in [6, 6.07) is 0. The number of aliphatic hydroxyl groups excluding tert-OH is 2. The summed E-state index contributed by atoms with van der Waals surface area (Å²) in [5.74, 6) is -1.96. The molecule has 0 fully saturated rings. The number of hydrogen-bond acceptors (Lipinski definition) is 13. The van der Waals surface area contributed by atoms with Gasteiger partial charge in [0.1, 0.15) is 6.61 Å². The lowest BCUT2D eigenvalue weighted by Crippen LogP contribution is -2.14. The Morgan fingerprint density at radius 1 is 0.479 bits per heavy atom. The number of rotatable bonds is 31. The predicted molar refractivity (Wildman–Crippen MR) is 181 cm³/mol. The van der Waals surface area contributed by atoms with E-state index in [4.69, 9.17) is 33.9 Å². The number of carbonyl (C=O) groups is 4. The van der Waals surface area contributed by atoms with Crippen molar-refractivity contribution in [1.29, 1.82) is 0 Å². The molecule has 0 atom stereocenters. The van der Waals surface area contributed by atoms with E-state index in [9.17, 15) is 19.2 Å². The van der Waals surface area contributed by atoms with Crippen LogP contribution in [0.15, 0.2) is 49.1 Å². The first-order valence-corrected chi connectivity index (χ1v) is 17.0. The molecular formula is C35H58N2O11. The fourth-order valence-corrected chi connectivity index (χ4v) is 3.83. The topological polar surface area (TPSA) is 161 Å². The van der Waals surface area contributed by atoms with Crippen molar-refractivity contribution in [3.8, 4) is 0 Å². The number of carbonyl (C=O) groups excluding carboxylic acids is 4. The van der Waals surface area contributed by atoms with E-state index >= 15 is 0 Å². The molecule has 0 aliphatic heterocycles. The number of unbranched alkanes of at least 4 members (excludes halogenated alkanes) is 8. The molecule has 0 spiro atoms. The number of esters is 4. The van der Waals surface area contributed by atoms with Crippen molar-refractivity contribution in [3.63, 3.8) is 0 Å². The summed E-state index contributed by atoms with van der Waals surface area (Å²) in [5.41, 5.74) is 0. The van der Waals surface area contributed by atoms with Gasteiger partial charge in [-0.3, -0.25) is 0 Å². The second kappa shape index (κ2) is 33.2. The molecule has 0 aromatic heterocycles. The van der Waals surface area contributed by atoms with Gasteiger partial charge in [0.15, 0.2) is 0 Å². The van der Waals surface area contributed by atoms with Crippen LogP contribution in [0, 0.1) is 0 Å². The van der Waals surface area contributed by atoms with Crippen molar-refractivity contribution in [2.75, 3.05) is 66.4 Å². The highest BCUT2D eigenvalue weighted by Gasteiger charge is 2.04. The Kier molecular flexibility index (Phi) is 30.7. The molecular weight excluding hydrogens is 624 g/mol. The normalized spacial score (nSPS) is 11.5. The molecule has 0 aromatic carbocycles. The number of aliphatic hydroxyl groups is 2. The molecule has 0 saturated heterocycles. The van der Waals surface area contributed by atoms with Gasteiger partial charge in [-0.05, 0) is 70.6 Å². The fourth-order valence-electron chi connectivity index (χ4n) is 3.83. The maximum Gasteiger partial charge on any atom is 0.332 e. The Balaban J connectivity index is 4.44. The van der Waals surface area contributed by atoms with E-state index in [1.54, 1.807) is 28.4 Å². The van der Waals surface area contributed by atoms with Crippen LogP contribution in [0.2, 0.25) is 0 Å². The first kappa shape index (κ1) is 44.3. The summed E-state index contributed by atoms with van der Waals surface area (Å²) in [7, 11) is 1.51. The second-order valence-electron chi connectivity index (χ2n) is 10.7. The third kappa shape index (κ3) is 29.7. The third-order valence-corrected chi connectivity index (χ3v) is 6.56. The molecule has 13 heteroatoms. The van der Waals surface area contributed by atoms with Crippen molar-refractivity contribution in [1.82, 2.24) is 9.80 Å². The summed E-state index contributed by atoms with van der Waals surface area (Å²) in [6.07, 6.45) is 20.5. The molecule has 0 radical (unpaired) electrons. The summed E-state index contributed by atoms with van der Waals surface area (Å²) in [4.78, 5) is 51.4. The highest BCUT2D eigenvalue weighted by molar-refractivity contribution is 5.83. The lowest BCUT2D eigenvalue weighted by atomic mass is 10.2. The third-order valence-electron chi connectivity index (χ3n) is 6.56. The summed E-state index contributed by atoms with van der Waals surface area (Å²) in [6.45, 7) is 4.66. The summed E-state index contributed by atoms with van der Waals surface area (Å²) < 4.78 is 25.5. The molecule has 2 N–H and O–H groups in total. The zero-order valence-corrected chi connectivity index (χ0v) is 28.9. The van der Waals surface area contributed by atoms with Crippen molar-refractivity contribution in [2.45, 2.75) is 84.0 Å². The highest BCUT2D eigenvalue weighted by Crippen LogP contribution is 2.05. The summed E-state index contributed by atoms with van der Waals surface area (Å²) in [5, 5.41) is 18.0. The first-order chi connectivity index (χ1) is 23.4. The van der Waals surface area contributed by atoms with Crippen LogP contribution in [-0.2, 0) is 42.9 Å². The Bertz CT molecular complexity index is 890. The van der Waals surface area contributed by atoms with Gasteiger partial charge in [-0.1, -0.05) is 13.3 Å². The minimum absolute atomic E-state index is 0.109. The lowest BCUT2D eigenvalue weighted by molar-refractivity contribution is -0.139. The van der Waals surface area contributed by atoms with Crippen LogP contribution in [0.1, 0.15) is 84.0 Å². The van der Waals surface area contributed by atoms with Crippen molar-refractivity contribution < 1.29 is 53.1 Å². The molecule has 0 aliphatic rings. The monoisotopic (exact) mass is 682 g/mol. The standard InChI is InChI=1S/C35H58N2O11/c1-3-4-27-45-32(40)15-21-36(19-9-7-11-25-38)22-16-33(41)46-28-13-5-6-14-29-47-34(42)17-23-37(20-10-8-12-26-39)24-18-35(43)48-31-30-44-2/h15-18,21-24,38-39H,3-14,19-20,25-31H2,1-2H3/b21-15+,22-16+,23-17+,24-18+. The molecule has 0 saturated carbocycles. The van der Waals surface area contributed by atoms with Gasteiger partial charge in [-0.25, -0.2) is 19.2 Å². The van der Waals surface area contributed by atoms with Gasteiger partial charge in [-0.15, -0.1) is 0 Å². The van der Waals surface area contributed by atoms with Crippen LogP contribution < -0.4 is 0 Å². The van der Waals surface area contributed by atoms with Gasteiger partial charge in [-0.2, -0.15) is 0 Å². The van der Waals surface area contributed by atoms with Gasteiger partial charge in [0.25, 0.3) is 0 Å². The smallest absolute Gasteiger partial charge is 0.332 e. The molecule has 0 rings (SSSR count). The van der Waals surface area contributed by atoms with Crippen molar-refractivity contribution >= 4 is 23.9 Å². The molecule has 274 valence electrons. The number of hydrogen-bond donors (Lipinski definition) is 2. The Hall–Kier alpha value is -3.68. The van der Waals surface area contributed by atoms with E-state index < -0.39 is 23.9 Å². The average Bonchev–Trinajstić information content (AvgIpc) is 3.08. The van der Waals surface area contributed by atoms with E-state index in [0.717, 1.165) is 51.4 Å². The molecule has 0 amide bonds. The molecule has 0 unspecified atom stereocenters. The SMILES string of the molecule is CCCCOC(=O)/C=C/N(/C=C/C(=O)OCCCCCCOC(=O)/C=C/N(/C=C/C(=O)OCCOC)CCCCCO)CCCCCO. The molecule has 0 heterocycles. The van der Waals surface area contributed by atoms with E-state index in [2.05, 4.69) is 0 Å². The zero-order valence-electron chi connectivity index (χ0n) is 28.9. The Labute approximate surface area is 286 Å². The fraction of sp³-hybridized carbons (Fsp3) is 0.657. The van der Waals surface area contributed by atoms with Crippen LogP contribution in [-0.4, -0.2) is 110 Å². The van der Waals surface area contributed by atoms with E-state index in [0.29, 0.717) is 52.0 Å². The number of methoxy groups -OCH3 is 1. The van der Waals surface area contributed by atoms with E-state index in [1.807, 2.05) is 6.92 Å². The second-order valence-corrected chi connectivity index (χ2v) is 10.7. The van der Waals surface area contributed by atoms with E-state index in [1.165, 1.54) is 37.6 Å². The Morgan fingerprint density at radius 3 is 1.19 bits per heavy atom. The summed E-state index contributed by atoms with van der Waals surface area (Å²) >= 11 is 0. The van der Waals surface area contributed by atoms with Gasteiger partial charge < -0.3 is 43.7 Å². The Morgan fingerprint density at radius 2 is 0.833 bits per heavy atom. The highest BCUT2D eigenvalue weighted by atomic mass is 16.6. The minimum atomic E-state index is -0.520.